The van der Waals surface area contributed by atoms with Crippen LogP contribution in [0, 0.1) is 11.6 Å². The summed E-state index contributed by atoms with van der Waals surface area (Å²) in [6.07, 6.45) is -3.83. The second-order valence-electron chi connectivity index (χ2n) is 4.84. The standard InChI is InChI=1S/C16H11F5N2O2/c1-3-8-12(22)11(18)13(23-14(8)15(24)25-2)7-4-5-9(10(17)6-7)16(19,20)21/h3-6H,1H2,2H3,(H2,22,23). The van der Waals surface area contributed by atoms with E-state index in [-0.39, 0.29) is 11.1 Å². The monoisotopic (exact) mass is 358 g/mol. The van der Waals surface area contributed by atoms with Crippen molar-refractivity contribution in [2.24, 2.45) is 0 Å². The Hall–Kier alpha value is -2.97. The van der Waals surface area contributed by atoms with Gasteiger partial charge in [0.1, 0.15) is 11.5 Å². The first-order valence-corrected chi connectivity index (χ1v) is 6.68. The summed E-state index contributed by atoms with van der Waals surface area (Å²) < 4.78 is 70.5. The number of carbonyl (C=O) groups is 1. The fourth-order valence-electron chi connectivity index (χ4n) is 2.14. The van der Waals surface area contributed by atoms with Crippen molar-refractivity contribution in [3.05, 3.63) is 53.2 Å². The Bertz CT molecular complexity index is 863. The van der Waals surface area contributed by atoms with Gasteiger partial charge in [0.15, 0.2) is 11.5 Å². The van der Waals surface area contributed by atoms with Gasteiger partial charge in [-0.3, -0.25) is 0 Å². The molecule has 0 aliphatic rings. The predicted molar refractivity (Wildman–Crippen MR) is 80.4 cm³/mol. The van der Waals surface area contributed by atoms with Crippen LogP contribution in [0.4, 0.5) is 27.6 Å². The predicted octanol–water partition coefficient (Wildman–Crippen LogP) is 4.06. The summed E-state index contributed by atoms with van der Waals surface area (Å²) in [7, 11) is 1.05. The molecule has 0 atom stereocenters. The second-order valence-corrected chi connectivity index (χ2v) is 4.84. The third-order valence-corrected chi connectivity index (χ3v) is 3.34. The minimum absolute atomic E-state index is 0.138. The van der Waals surface area contributed by atoms with Crippen molar-refractivity contribution in [3.63, 3.8) is 0 Å². The van der Waals surface area contributed by atoms with Crippen LogP contribution in [0.2, 0.25) is 0 Å². The Morgan fingerprint density at radius 1 is 1.32 bits per heavy atom. The van der Waals surface area contributed by atoms with Crippen molar-refractivity contribution in [3.8, 4) is 11.3 Å². The second kappa shape index (κ2) is 6.50. The number of benzene rings is 1. The molecule has 0 aliphatic heterocycles. The molecule has 0 fully saturated rings. The number of nitrogens with two attached hydrogens (primary N) is 1. The van der Waals surface area contributed by atoms with E-state index in [1.54, 1.807) is 0 Å². The lowest BCUT2D eigenvalue weighted by atomic mass is 10.0. The molecule has 132 valence electrons. The Balaban J connectivity index is 2.71. The first-order chi connectivity index (χ1) is 11.6. The van der Waals surface area contributed by atoms with Gasteiger partial charge in [0.25, 0.3) is 0 Å². The number of halogens is 5. The van der Waals surface area contributed by atoms with Crippen molar-refractivity contribution in [1.82, 2.24) is 4.98 Å². The number of aromatic nitrogens is 1. The van der Waals surface area contributed by atoms with E-state index in [2.05, 4.69) is 16.3 Å². The van der Waals surface area contributed by atoms with Gasteiger partial charge in [-0.15, -0.1) is 0 Å². The maximum Gasteiger partial charge on any atom is 0.419 e. The number of hydrogen-bond acceptors (Lipinski definition) is 4. The molecule has 2 aromatic rings. The maximum absolute atomic E-state index is 14.4. The molecule has 25 heavy (non-hydrogen) atoms. The number of ether oxygens (including phenoxy) is 1. The number of carbonyl (C=O) groups excluding carboxylic acids is 1. The van der Waals surface area contributed by atoms with E-state index in [1.165, 1.54) is 0 Å². The molecular weight excluding hydrogens is 347 g/mol. The summed E-state index contributed by atoms with van der Waals surface area (Å²) in [5, 5.41) is 0. The van der Waals surface area contributed by atoms with Gasteiger partial charge in [0, 0.05) is 11.1 Å². The maximum atomic E-state index is 14.4. The molecule has 0 bridgehead atoms. The Kier molecular flexibility index (Phi) is 4.78. The molecular formula is C16H11F5N2O2. The molecule has 0 unspecified atom stereocenters. The third-order valence-electron chi connectivity index (χ3n) is 3.34. The Labute approximate surface area is 138 Å². The normalized spacial score (nSPS) is 11.3. The lowest BCUT2D eigenvalue weighted by molar-refractivity contribution is -0.139. The number of hydrogen-bond donors (Lipinski definition) is 1. The van der Waals surface area contributed by atoms with E-state index in [9.17, 15) is 26.7 Å². The van der Waals surface area contributed by atoms with Gasteiger partial charge >= 0.3 is 12.1 Å². The summed E-state index contributed by atoms with van der Waals surface area (Å²) in [6.45, 7) is 3.39. The van der Waals surface area contributed by atoms with Crippen LogP contribution in [0.3, 0.4) is 0 Å². The van der Waals surface area contributed by atoms with Crippen LogP contribution in [0.25, 0.3) is 17.3 Å². The highest BCUT2D eigenvalue weighted by atomic mass is 19.4. The number of methoxy groups -OCH3 is 1. The van der Waals surface area contributed by atoms with Crippen LogP contribution in [0.1, 0.15) is 21.6 Å². The van der Waals surface area contributed by atoms with Crippen LogP contribution in [-0.2, 0) is 10.9 Å². The first-order valence-electron chi connectivity index (χ1n) is 6.68. The van der Waals surface area contributed by atoms with Gasteiger partial charge in [0.2, 0.25) is 0 Å². The first kappa shape index (κ1) is 18.4. The molecule has 1 heterocycles. The van der Waals surface area contributed by atoms with Gasteiger partial charge in [0.05, 0.1) is 18.4 Å². The lowest BCUT2D eigenvalue weighted by Crippen LogP contribution is -2.13. The zero-order chi connectivity index (χ0) is 18.9. The van der Waals surface area contributed by atoms with Gasteiger partial charge in [-0.05, 0) is 12.1 Å². The molecule has 0 amide bonds. The van der Waals surface area contributed by atoms with Crippen molar-refractivity contribution in [2.45, 2.75) is 6.18 Å². The summed E-state index contributed by atoms with van der Waals surface area (Å²) in [5.41, 5.74) is 2.12. The number of esters is 1. The van der Waals surface area contributed by atoms with E-state index < -0.39 is 46.4 Å². The molecule has 2 N–H and O–H groups in total. The molecule has 0 aliphatic carbocycles. The molecule has 0 spiro atoms. The molecule has 4 nitrogen and oxygen atoms in total. The van der Waals surface area contributed by atoms with Gasteiger partial charge in [-0.1, -0.05) is 18.7 Å². The molecule has 2 rings (SSSR count). The highest BCUT2D eigenvalue weighted by Gasteiger charge is 2.34. The number of nitrogens with zero attached hydrogens (tertiary/aromatic N) is 1. The zero-order valence-corrected chi connectivity index (χ0v) is 12.7. The van der Waals surface area contributed by atoms with Crippen LogP contribution >= 0.6 is 0 Å². The topological polar surface area (TPSA) is 65.2 Å². The average Bonchev–Trinajstić information content (AvgIpc) is 2.55. The smallest absolute Gasteiger partial charge is 0.419 e. The SMILES string of the molecule is C=Cc1c(C(=O)OC)nc(-c2ccc(C(F)(F)F)c(F)c2)c(F)c1N. The van der Waals surface area contributed by atoms with Crippen molar-refractivity contribution in [2.75, 3.05) is 12.8 Å². The quantitative estimate of drug-likeness (QED) is 0.664. The molecule has 0 saturated carbocycles. The molecule has 9 heteroatoms. The highest BCUT2D eigenvalue weighted by molar-refractivity contribution is 5.95. The van der Waals surface area contributed by atoms with Crippen LogP contribution in [0.5, 0.6) is 0 Å². The summed E-state index contributed by atoms with van der Waals surface area (Å²) >= 11 is 0. The molecule has 0 saturated heterocycles. The van der Waals surface area contributed by atoms with E-state index >= 15 is 0 Å². The summed E-state index contributed by atoms with van der Waals surface area (Å²) in [6, 6.07) is 1.73. The summed E-state index contributed by atoms with van der Waals surface area (Å²) in [4.78, 5) is 15.5. The largest absolute Gasteiger partial charge is 0.464 e. The Morgan fingerprint density at radius 3 is 2.44 bits per heavy atom. The van der Waals surface area contributed by atoms with E-state index in [0.29, 0.717) is 12.1 Å². The Morgan fingerprint density at radius 2 is 1.96 bits per heavy atom. The number of pyridine rings is 1. The van der Waals surface area contributed by atoms with Crippen molar-refractivity contribution >= 4 is 17.7 Å². The fourth-order valence-corrected chi connectivity index (χ4v) is 2.14. The fraction of sp³-hybridized carbons (Fsp3) is 0.125. The van der Waals surface area contributed by atoms with E-state index in [0.717, 1.165) is 19.3 Å². The lowest BCUT2D eigenvalue weighted by Gasteiger charge is -2.13. The molecule has 0 radical (unpaired) electrons. The highest BCUT2D eigenvalue weighted by Crippen LogP contribution is 2.35. The minimum Gasteiger partial charge on any atom is -0.464 e. The van der Waals surface area contributed by atoms with Crippen LogP contribution in [-0.4, -0.2) is 18.1 Å². The van der Waals surface area contributed by atoms with Crippen molar-refractivity contribution < 1.29 is 31.5 Å². The zero-order valence-electron chi connectivity index (χ0n) is 12.7. The van der Waals surface area contributed by atoms with Crippen molar-refractivity contribution in [1.29, 1.82) is 0 Å². The number of nitrogen functional groups attached to an aromatic ring is 1. The van der Waals surface area contributed by atoms with E-state index in [4.69, 9.17) is 5.73 Å². The number of rotatable bonds is 3. The minimum atomic E-state index is -4.91. The molecule has 1 aromatic heterocycles. The van der Waals surface area contributed by atoms with Gasteiger partial charge < -0.3 is 10.5 Å². The molecule has 1 aromatic carbocycles. The van der Waals surface area contributed by atoms with Gasteiger partial charge in [-0.25, -0.2) is 18.6 Å². The van der Waals surface area contributed by atoms with Crippen LogP contribution < -0.4 is 5.73 Å². The van der Waals surface area contributed by atoms with Gasteiger partial charge in [-0.2, -0.15) is 13.2 Å². The average molecular weight is 358 g/mol. The third kappa shape index (κ3) is 3.30. The summed E-state index contributed by atoms with van der Waals surface area (Å²) in [5.74, 6) is -3.70. The number of anilines is 1. The van der Waals surface area contributed by atoms with E-state index in [1.807, 2.05) is 0 Å². The number of alkyl halides is 3. The van der Waals surface area contributed by atoms with Crippen LogP contribution in [0.15, 0.2) is 24.8 Å².